The van der Waals surface area contributed by atoms with Crippen LogP contribution in [0.1, 0.15) is 12.5 Å². The number of rotatable bonds is 5. The van der Waals surface area contributed by atoms with E-state index in [0.717, 1.165) is 5.56 Å². The zero-order valence-electron chi connectivity index (χ0n) is 8.62. The lowest BCUT2D eigenvalue weighted by molar-refractivity contribution is -0.142. The second-order valence-electron chi connectivity index (χ2n) is 3.09. The number of nitrogens with one attached hydrogen (secondary N) is 1. The summed E-state index contributed by atoms with van der Waals surface area (Å²) in [5.74, 6) is -0.205. The lowest BCUT2D eigenvalue weighted by Gasteiger charge is -2.02. The molecule has 0 atom stereocenters. The molecule has 1 heterocycles. The minimum atomic E-state index is -0.205. The number of carbonyl (C=O) groups excluding carboxylic acids is 1. The molecule has 1 N–H and O–H groups in total. The fourth-order valence-electron chi connectivity index (χ4n) is 1.19. The molecule has 1 aromatic heterocycles. The van der Waals surface area contributed by atoms with E-state index in [0.29, 0.717) is 13.2 Å². The molecule has 1 rings (SSSR count). The normalized spacial score (nSPS) is 10.1. The van der Waals surface area contributed by atoms with Crippen LogP contribution < -0.4 is 5.32 Å². The molecule has 0 bridgehead atoms. The SMILES string of the molecule is CCOC(=O)CNCc1ccn(C)c1. The lowest BCUT2D eigenvalue weighted by Crippen LogP contribution is -2.24. The van der Waals surface area contributed by atoms with Crippen molar-refractivity contribution in [2.45, 2.75) is 13.5 Å². The highest BCUT2D eigenvalue weighted by atomic mass is 16.5. The molecule has 78 valence electrons. The topological polar surface area (TPSA) is 43.3 Å². The summed E-state index contributed by atoms with van der Waals surface area (Å²) >= 11 is 0. The van der Waals surface area contributed by atoms with Crippen molar-refractivity contribution in [3.63, 3.8) is 0 Å². The van der Waals surface area contributed by atoms with Crippen molar-refractivity contribution in [2.75, 3.05) is 13.2 Å². The van der Waals surface area contributed by atoms with Gasteiger partial charge >= 0.3 is 5.97 Å². The van der Waals surface area contributed by atoms with Crippen molar-refractivity contribution < 1.29 is 9.53 Å². The average Bonchev–Trinajstić information content (AvgIpc) is 2.52. The molecule has 0 unspecified atom stereocenters. The standard InChI is InChI=1S/C10H16N2O2/c1-3-14-10(13)7-11-6-9-4-5-12(2)8-9/h4-5,8,11H,3,6-7H2,1-2H3. The highest BCUT2D eigenvalue weighted by Crippen LogP contribution is 1.97. The first kappa shape index (κ1) is 10.8. The van der Waals surface area contributed by atoms with Crippen LogP contribution in [0, 0.1) is 0 Å². The van der Waals surface area contributed by atoms with Gasteiger partial charge in [-0.15, -0.1) is 0 Å². The Kier molecular flexibility index (Phi) is 4.19. The Labute approximate surface area is 83.9 Å². The van der Waals surface area contributed by atoms with Gasteiger partial charge in [0, 0.05) is 26.0 Å². The van der Waals surface area contributed by atoms with Crippen LogP contribution in [0.2, 0.25) is 0 Å². The number of aromatic nitrogens is 1. The third-order valence-corrected chi connectivity index (χ3v) is 1.80. The third kappa shape index (κ3) is 3.62. The number of hydrogen-bond acceptors (Lipinski definition) is 3. The molecule has 0 aliphatic carbocycles. The summed E-state index contributed by atoms with van der Waals surface area (Å²) in [7, 11) is 1.97. The Morgan fingerprint density at radius 1 is 1.64 bits per heavy atom. The van der Waals surface area contributed by atoms with E-state index in [4.69, 9.17) is 4.74 Å². The second-order valence-corrected chi connectivity index (χ2v) is 3.09. The smallest absolute Gasteiger partial charge is 0.319 e. The van der Waals surface area contributed by atoms with Crippen molar-refractivity contribution in [2.24, 2.45) is 7.05 Å². The second kappa shape index (κ2) is 5.44. The van der Waals surface area contributed by atoms with E-state index in [1.54, 1.807) is 6.92 Å². The van der Waals surface area contributed by atoms with Gasteiger partial charge in [0.25, 0.3) is 0 Å². The Bertz CT molecular complexity index is 294. The van der Waals surface area contributed by atoms with Crippen LogP contribution in [0.4, 0.5) is 0 Å². The van der Waals surface area contributed by atoms with Gasteiger partial charge < -0.3 is 14.6 Å². The van der Waals surface area contributed by atoms with Crippen molar-refractivity contribution in [3.05, 3.63) is 24.0 Å². The number of ether oxygens (including phenoxy) is 1. The first-order valence-electron chi connectivity index (χ1n) is 4.69. The summed E-state index contributed by atoms with van der Waals surface area (Å²) < 4.78 is 6.75. The molecule has 1 aromatic rings. The molecule has 4 heteroatoms. The molecule has 0 spiro atoms. The molecule has 0 radical (unpaired) electrons. The largest absolute Gasteiger partial charge is 0.465 e. The van der Waals surface area contributed by atoms with E-state index in [1.807, 2.05) is 30.1 Å². The number of hydrogen-bond donors (Lipinski definition) is 1. The van der Waals surface area contributed by atoms with E-state index in [9.17, 15) is 4.79 Å². The zero-order valence-corrected chi connectivity index (χ0v) is 8.62. The van der Waals surface area contributed by atoms with E-state index in [2.05, 4.69) is 5.32 Å². The highest BCUT2D eigenvalue weighted by molar-refractivity contribution is 5.71. The Balaban J connectivity index is 2.18. The molecule has 0 aromatic carbocycles. The Morgan fingerprint density at radius 2 is 2.43 bits per heavy atom. The van der Waals surface area contributed by atoms with E-state index >= 15 is 0 Å². The summed E-state index contributed by atoms with van der Waals surface area (Å²) in [6.45, 7) is 3.20. The highest BCUT2D eigenvalue weighted by Gasteiger charge is 2.00. The Hall–Kier alpha value is -1.29. The molecular formula is C10H16N2O2. The number of carbonyl (C=O) groups is 1. The number of nitrogens with zero attached hydrogens (tertiary/aromatic N) is 1. The zero-order chi connectivity index (χ0) is 10.4. The van der Waals surface area contributed by atoms with Crippen molar-refractivity contribution >= 4 is 5.97 Å². The molecule has 0 aliphatic heterocycles. The minimum absolute atomic E-state index is 0.205. The van der Waals surface area contributed by atoms with Crippen molar-refractivity contribution in [1.29, 1.82) is 0 Å². The maximum absolute atomic E-state index is 10.9. The third-order valence-electron chi connectivity index (χ3n) is 1.80. The van der Waals surface area contributed by atoms with Crippen molar-refractivity contribution in [1.82, 2.24) is 9.88 Å². The van der Waals surface area contributed by atoms with Crippen LogP contribution in [0.5, 0.6) is 0 Å². The predicted molar refractivity (Wildman–Crippen MR) is 53.8 cm³/mol. The van der Waals surface area contributed by atoms with Gasteiger partial charge in [0.15, 0.2) is 0 Å². The van der Waals surface area contributed by atoms with Gasteiger partial charge in [0.2, 0.25) is 0 Å². The molecule has 0 amide bonds. The fourth-order valence-corrected chi connectivity index (χ4v) is 1.19. The van der Waals surface area contributed by atoms with Crippen molar-refractivity contribution in [3.8, 4) is 0 Å². The molecule has 0 aliphatic rings. The first-order valence-corrected chi connectivity index (χ1v) is 4.69. The minimum Gasteiger partial charge on any atom is -0.465 e. The van der Waals surface area contributed by atoms with Crippen LogP contribution in [-0.4, -0.2) is 23.7 Å². The fraction of sp³-hybridized carbons (Fsp3) is 0.500. The number of aryl methyl sites for hydroxylation is 1. The van der Waals surface area contributed by atoms with Crippen LogP contribution in [0.3, 0.4) is 0 Å². The van der Waals surface area contributed by atoms with E-state index in [1.165, 1.54) is 0 Å². The average molecular weight is 196 g/mol. The Morgan fingerprint density at radius 3 is 3.00 bits per heavy atom. The van der Waals surface area contributed by atoms with E-state index < -0.39 is 0 Å². The molecular weight excluding hydrogens is 180 g/mol. The van der Waals surface area contributed by atoms with Gasteiger partial charge in [-0.3, -0.25) is 4.79 Å². The van der Waals surface area contributed by atoms with E-state index in [-0.39, 0.29) is 12.5 Å². The van der Waals surface area contributed by atoms with Gasteiger partial charge in [-0.05, 0) is 18.6 Å². The molecule has 0 fully saturated rings. The molecule has 0 saturated carbocycles. The molecule has 0 saturated heterocycles. The number of esters is 1. The predicted octanol–water partition coefficient (Wildman–Crippen LogP) is 0.678. The maximum atomic E-state index is 10.9. The molecule has 14 heavy (non-hydrogen) atoms. The summed E-state index contributed by atoms with van der Waals surface area (Å²) in [6.07, 6.45) is 3.99. The van der Waals surface area contributed by atoms with Gasteiger partial charge in [-0.1, -0.05) is 0 Å². The maximum Gasteiger partial charge on any atom is 0.319 e. The van der Waals surface area contributed by atoms with Gasteiger partial charge in [0.05, 0.1) is 13.2 Å². The quantitative estimate of drug-likeness (QED) is 0.704. The van der Waals surface area contributed by atoms with Crippen LogP contribution >= 0.6 is 0 Å². The van der Waals surface area contributed by atoms with Crippen LogP contribution in [0.15, 0.2) is 18.5 Å². The monoisotopic (exact) mass is 196 g/mol. The summed E-state index contributed by atoms with van der Waals surface area (Å²) in [5, 5.41) is 3.01. The summed E-state index contributed by atoms with van der Waals surface area (Å²) in [6, 6.07) is 2.01. The lowest BCUT2D eigenvalue weighted by atomic mass is 10.3. The van der Waals surface area contributed by atoms with Gasteiger partial charge in [0.1, 0.15) is 0 Å². The van der Waals surface area contributed by atoms with Gasteiger partial charge in [-0.25, -0.2) is 0 Å². The summed E-state index contributed by atoms with van der Waals surface area (Å²) in [4.78, 5) is 10.9. The van der Waals surface area contributed by atoms with Crippen LogP contribution in [0.25, 0.3) is 0 Å². The molecule has 4 nitrogen and oxygen atoms in total. The first-order chi connectivity index (χ1) is 6.72. The summed E-state index contributed by atoms with van der Waals surface area (Å²) in [5.41, 5.74) is 1.16. The van der Waals surface area contributed by atoms with Gasteiger partial charge in [-0.2, -0.15) is 0 Å². The van der Waals surface area contributed by atoms with Crippen LogP contribution in [-0.2, 0) is 23.1 Å².